The largest absolute Gasteiger partial charge is 0.395 e. The minimum Gasteiger partial charge on any atom is -0.395 e. The average Bonchev–Trinajstić information content (AvgIpc) is 3.02. The van der Waals surface area contributed by atoms with Crippen molar-refractivity contribution in [2.45, 2.75) is 31.3 Å². The van der Waals surface area contributed by atoms with Gasteiger partial charge in [0.1, 0.15) is 0 Å². The van der Waals surface area contributed by atoms with Crippen molar-refractivity contribution in [1.82, 2.24) is 5.32 Å². The molecule has 1 aliphatic carbocycles. The molecular formula is C12H17NO. The van der Waals surface area contributed by atoms with Gasteiger partial charge in [0.25, 0.3) is 0 Å². The van der Waals surface area contributed by atoms with E-state index in [2.05, 4.69) is 17.4 Å². The summed E-state index contributed by atoms with van der Waals surface area (Å²) in [4.78, 5) is 0. The Morgan fingerprint density at radius 2 is 2.00 bits per heavy atom. The van der Waals surface area contributed by atoms with Crippen LogP contribution in [-0.4, -0.2) is 23.8 Å². The minimum atomic E-state index is 0.227. The van der Waals surface area contributed by atoms with E-state index in [1.807, 2.05) is 18.2 Å². The van der Waals surface area contributed by atoms with Crippen LogP contribution in [0.5, 0.6) is 0 Å². The summed E-state index contributed by atoms with van der Waals surface area (Å²) < 4.78 is 0. The van der Waals surface area contributed by atoms with E-state index in [1.165, 1.54) is 18.4 Å². The summed E-state index contributed by atoms with van der Waals surface area (Å²) >= 11 is 0. The van der Waals surface area contributed by atoms with E-state index in [4.69, 9.17) is 0 Å². The van der Waals surface area contributed by atoms with Crippen molar-refractivity contribution in [2.24, 2.45) is 0 Å². The van der Waals surface area contributed by atoms with E-state index >= 15 is 0 Å². The Kier molecular flexibility index (Phi) is 3.17. The molecule has 0 aromatic heterocycles. The van der Waals surface area contributed by atoms with Crippen molar-refractivity contribution in [3.63, 3.8) is 0 Å². The van der Waals surface area contributed by atoms with Crippen molar-refractivity contribution in [1.29, 1.82) is 0 Å². The van der Waals surface area contributed by atoms with Gasteiger partial charge in [0, 0.05) is 12.1 Å². The summed E-state index contributed by atoms with van der Waals surface area (Å²) in [5.41, 5.74) is 1.29. The highest BCUT2D eigenvalue weighted by Gasteiger charge is 2.24. The Labute approximate surface area is 85.0 Å². The second-order valence-corrected chi connectivity index (χ2v) is 4.01. The number of benzene rings is 1. The Balaban J connectivity index is 1.87. The van der Waals surface area contributed by atoms with Crippen LogP contribution in [0.25, 0.3) is 0 Å². The zero-order valence-electron chi connectivity index (χ0n) is 8.32. The van der Waals surface area contributed by atoms with Gasteiger partial charge in [0.05, 0.1) is 6.61 Å². The van der Waals surface area contributed by atoms with Crippen molar-refractivity contribution < 1.29 is 5.11 Å². The maximum atomic E-state index is 9.20. The molecule has 2 rings (SSSR count). The maximum absolute atomic E-state index is 9.20. The van der Waals surface area contributed by atoms with Crippen LogP contribution >= 0.6 is 0 Å². The summed E-state index contributed by atoms with van der Waals surface area (Å²) in [5, 5.41) is 12.6. The summed E-state index contributed by atoms with van der Waals surface area (Å²) in [6.07, 6.45) is 3.46. The van der Waals surface area contributed by atoms with Crippen LogP contribution in [0.1, 0.15) is 18.4 Å². The van der Waals surface area contributed by atoms with E-state index in [0.717, 1.165) is 6.42 Å². The quantitative estimate of drug-likeness (QED) is 0.736. The lowest BCUT2D eigenvalue weighted by molar-refractivity contribution is 0.240. The highest BCUT2D eigenvalue weighted by Crippen LogP contribution is 2.20. The summed E-state index contributed by atoms with van der Waals surface area (Å²) in [5.74, 6) is 0. The predicted octanol–water partition coefficient (Wildman–Crippen LogP) is 1.34. The number of aliphatic hydroxyl groups is 1. The number of hydrogen-bond acceptors (Lipinski definition) is 2. The lowest BCUT2D eigenvalue weighted by Gasteiger charge is -2.15. The van der Waals surface area contributed by atoms with E-state index < -0.39 is 0 Å². The standard InChI is InChI=1S/C12H17NO/c14-9-12(13-11-6-7-11)8-10-4-2-1-3-5-10/h1-5,11-14H,6-9H2/t12-/m1/s1. The third-order valence-corrected chi connectivity index (χ3v) is 2.59. The molecule has 1 atom stereocenters. The average molecular weight is 191 g/mol. The number of hydrogen-bond donors (Lipinski definition) is 2. The van der Waals surface area contributed by atoms with Crippen LogP contribution in [0, 0.1) is 0 Å². The molecule has 2 heteroatoms. The molecule has 0 bridgehead atoms. The normalized spacial score (nSPS) is 18.1. The van der Waals surface area contributed by atoms with E-state index in [-0.39, 0.29) is 12.6 Å². The van der Waals surface area contributed by atoms with Gasteiger partial charge in [-0.3, -0.25) is 0 Å². The fraction of sp³-hybridized carbons (Fsp3) is 0.500. The van der Waals surface area contributed by atoms with Gasteiger partial charge < -0.3 is 10.4 Å². The second kappa shape index (κ2) is 4.58. The Hall–Kier alpha value is -0.860. The van der Waals surface area contributed by atoms with E-state index in [1.54, 1.807) is 0 Å². The van der Waals surface area contributed by atoms with Gasteiger partial charge in [-0.1, -0.05) is 30.3 Å². The van der Waals surface area contributed by atoms with E-state index in [9.17, 15) is 5.11 Å². The zero-order chi connectivity index (χ0) is 9.80. The van der Waals surface area contributed by atoms with Crippen molar-refractivity contribution >= 4 is 0 Å². The SMILES string of the molecule is OC[C@@H](Cc1ccccc1)NC1CC1. The molecule has 0 amide bonds. The van der Waals surface area contributed by atoms with Gasteiger partial charge in [-0.05, 0) is 24.8 Å². The fourth-order valence-electron chi connectivity index (χ4n) is 1.66. The summed E-state index contributed by atoms with van der Waals surface area (Å²) in [7, 11) is 0. The monoisotopic (exact) mass is 191 g/mol. The topological polar surface area (TPSA) is 32.3 Å². The highest BCUT2D eigenvalue weighted by atomic mass is 16.3. The fourth-order valence-corrected chi connectivity index (χ4v) is 1.66. The van der Waals surface area contributed by atoms with Crippen LogP contribution in [0.15, 0.2) is 30.3 Å². The third-order valence-electron chi connectivity index (χ3n) is 2.59. The molecule has 1 fully saturated rings. The first-order valence-corrected chi connectivity index (χ1v) is 5.29. The first-order chi connectivity index (χ1) is 6.88. The molecule has 2 nitrogen and oxygen atoms in total. The van der Waals surface area contributed by atoms with Gasteiger partial charge in [-0.2, -0.15) is 0 Å². The molecule has 1 saturated carbocycles. The van der Waals surface area contributed by atoms with Gasteiger partial charge in [-0.25, -0.2) is 0 Å². The molecule has 14 heavy (non-hydrogen) atoms. The minimum absolute atomic E-state index is 0.227. The van der Waals surface area contributed by atoms with Gasteiger partial charge >= 0.3 is 0 Å². The highest BCUT2D eigenvalue weighted by molar-refractivity contribution is 5.16. The van der Waals surface area contributed by atoms with Crippen molar-refractivity contribution in [2.75, 3.05) is 6.61 Å². The molecule has 0 saturated heterocycles. The molecule has 0 heterocycles. The maximum Gasteiger partial charge on any atom is 0.0587 e. The summed E-state index contributed by atoms with van der Waals surface area (Å²) in [6.45, 7) is 0.228. The predicted molar refractivity (Wildman–Crippen MR) is 57.2 cm³/mol. The molecular weight excluding hydrogens is 174 g/mol. The van der Waals surface area contributed by atoms with Gasteiger partial charge in [0.2, 0.25) is 0 Å². The molecule has 1 aliphatic rings. The van der Waals surface area contributed by atoms with Crippen molar-refractivity contribution in [3.8, 4) is 0 Å². The lowest BCUT2D eigenvalue weighted by atomic mass is 10.1. The van der Waals surface area contributed by atoms with Gasteiger partial charge in [-0.15, -0.1) is 0 Å². The molecule has 2 N–H and O–H groups in total. The van der Waals surface area contributed by atoms with E-state index in [0.29, 0.717) is 6.04 Å². The lowest BCUT2D eigenvalue weighted by Crippen LogP contribution is -2.35. The van der Waals surface area contributed by atoms with Crippen LogP contribution in [0.2, 0.25) is 0 Å². The Bertz CT molecular complexity index is 269. The molecule has 0 unspecified atom stereocenters. The molecule has 0 aliphatic heterocycles. The number of aliphatic hydroxyl groups excluding tert-OH is 1. The Morgan fingerprint density at radius 1 is 1.29 bits per heavy atom. The first kappa shape index (κ1) is 9.69. The molecule has 1 aromatic carbocycles. The Morgan fingerprint density at radius 3 is 2.57 bits per heavy atom. The van der Waals surface area contributed by atoms with Crippen LogP contribution < -0.4 is 5.32 Å². The van der Waals surface area contributed by atoms with Crippen molar-refractivity contribution in [3.05, 3.63) is 35.9 Å². The molecule has 76 valence electrons. The smallest absolute Gasteiger partial charge is 0.0587 e. The van der Waals surface area contributed by atoms with Gasteiger partial charge in [0.15, 0.2) is 0 Å². The molecule has 1 aromatic rings. The number of nitrogens with one attached hydrogen (secondary N) is 1. The van der Waals surface area contributed by atoms with Crippen LogP contribution in [-0.2, 0) is 6.42 Å². The summed E-state index contributed by atoms with van der Waals surface area (Å²) in [6, 6.07) is 11.2. The second-order valence-electron chi connectivity index (χ2n) is 4.01. The zero-order valence-corrected chi connectivity index (χ0v) is 8.32. The first-order valence-electron chi connectivity index (χ1n) is 5.29. The molecule has 0 spiro atoms. The molecule has 0 radical (unpaired) electrons. The third kappa shape index (κ3) is 2.82. The van der Waals surface area contributed by atoms with Crippen LogP contribution in [0.4, 0.5) is 0 Å². The van der Waals surface area contributed by atoms with Crippen LogP contribution in [0.3, 0.4) is 0 Å². The number of rotatable bonds is 5.